The molecule has 0 aromatic heterocycles. The molecule has 2 atom stereocenters. The van der Waals surface area contributed by atoms with Gasteiger partial charge < -0.3 is 15.8 Å². The van der Waals surface area contributed by atoms with Gasteiger partial charge in [0.05, 0.1) is 11.6 Å². The Morgan fingerprint density at radius 3 is 2.59 bits per heavy atom. The van der Waals surface area contributed by atoms with Gasteiger partial charge in [-0.2, -0.15) is 0 Å². The van der Waals surface area contributed by atoms with Crippen LogP contribution in [0.4, 0.5) is 0 Å². The fraction of sp³-hybridized carbons (Fsp3) is 0.692. The number of nitrogens with two attached hydrogens (primary N) is 1. The number of rotatable bonds is 9. The van der Waals surface area contributed by atoms with E-state index >= 15 is 0 Å². The van der Waals surface area contributed by atoms with Crippen LogP contribution in [-0.4, -0.2) is 30.7 Å². The number of ketones is 1. The van der Waals surface area contributed by atoms with Gasteiger partial charge in [0.25, 0.3) is 0 Å². The molecular formula is C13H24N2O2. The summed E-state index contributed by atoms with van der Waals surface area (Å²) in [6.45, 7) is 3.52. The van der Waals surface area contributed by atoms with Crippen molar-refractivity contribution in [1.82, 2.24) is 5.32 Å². The van der Waals surface area contributed by atoms with E-state index in [2.05, 4.69) is 5.32 Å². The molecule has 0 aromatic rings. The zero-order valence-electron chi connectivity index (χ0n) is 11.0. The lowest BCUT2D eigenvalue weighted by molar-refractivity contribution is -0.122. The maximum Gasteiger partial charge on any atom is 0.149 e. The molecule has 98 valence electrons. The molecule has 0 radical (unpaired) electrons. The molecule has 17 heavy (non-hydrogen) atoms. The SMILES string of the molecule is CNC(C)(CCC/C=C\C[C@H](N)C=O)C(C)=O. The number of carbonyl (C=O) groups is 2. The molecule has 3 N–H and O–H groups in total. The Labute approximate surface area is 104 Å². The topological polar surface area (TPSA) is 72.2 Å². The number of hydrogen-bond donors (Lipinski definition) is 2. The average molecular weight is 240 g/mol. The van der Waals surface area contributed by atoms with Gasteiger partial charge in [0.1, 0.15) is 12.1 Å². The molecule has 0 aliphatic rings. The fourth-order valence-corrected chi connectivity index (χ4v) is 1.48. The Bertz CT molecular complexity index is 277. The summed E-state index contributed by atoms with van der Waals surface area (Å²) in [5.74, 6) is 0.159. The van der Waals surface area contributed by atoms with Crippen LogP contribution in [-0.2, 0) is 9.59 Å². The number of nitrogens with one attached hydrogen (secondary N) is 1. The maximum atomic E-state index is 11.4. The number of carbonyl (C=O) groups excluding carboxylic acids is 2. The summed E-state index contributed by atoms with van der Waals surface area (Å²) < 4.78 is 0. The van der Waals surface area contributed by atoms with E-state index < -0.39 is 11.6 Å². The Kier molecular flexibility index (Phi) is 7.66. The van der Waals surface area contributed by atoms with Gasteiger partial charge >= 0.3 is 0 Å². The normalized spacial score (nSPS) is 16.7. The molecule has 4 heteroatoms. The largest absolute Gasteiger partial charge is 0.321 e. The van der Waals surface area contributed by atoms with Gasteiger partial charge in [-0.25, -0.2) is 0 Å². The lowest BCUT2D eigenvalue weighted by Crippen LogP contribution is -2.46. The molecule has 0 rings (SSSR count). The van der Waals surface area contributed by atoms with E-state index in [1.807, 2.05) is 19.1 Å². The quantitative estimate of drug-likeness (QED) is 0.361. The third kappa shape index (κ3) is 6.34. The Hall–Kier alpha value is -1.00. The van der Waals surface area contributed by atoms with Crippen molar-refractivity contribution in [2.24, 2.45) is 5.73 Å². The number of likely N-dealkylation sites (N-methyl/N-ethyl adjacent to an activating group) is 1. The van der Waals surface area contributed by atoms with Gasteiger partial charge in [0.15, 0.2) is 0 Å². The van der Waals surface area contributed by atoms with E-state index in [0.29, 0.717) is 6.42 Å². The predicted octanol–water partition coefficient (Wildman–Crippen LogP) is 1.20. The molecule has 0 aromatic carbocycles. The van der Waals surface area contributed by atoms with Crippen LogP contribution >= 0.6 is 0 Å². The van der Waals surface area contributed by atoms with Crippen molar-refractivity contribution < 1.29 is 9.59 Å². The Balaban J connectivity index is 3.84. The molecule has 0 heterocycles. The van der Waals surface area contributed by atoms with Crippen LogP contribution in [0.2, 0.25) is 0 Å². The summed E-state index contributed by atoms with van der Waals surface area (Å²) >= 11 is 0. The number of aldehydes is 1. The van der Waals surface area contributed by atoms with E-state index in [-0.39, 0.29) is 5.78 Å². The highest BCUT2D eigenvalue weighted by Crippen LogP contribution is 2.14. The van der Waals surface area contributed by atoms with Crippen molar-refractivity contribution in [3.05, 3.63) is 12.2 Å². The molecule has 0 aliphatic heterocycles. The first-order valence-electron chi connectivity index (χ1n) is 6.02. The lowest BCUT2D eigenvalue weighted by Gasteiger charge is -2.25. The highest BCUT2D eigenvalue weighted by atomic mass is 16.1. The number of allylic oxidation sites excluding steroid dienone is 1. The first-order valence-corrected chi connectivity index (χ1v) is 6.02. The molecule has 0 spiro atoms. The molecule has 1 unspecified atom stereocenters. The third-order valence-electron chi connectivity index (χ3n) is 3.13. The minimum Gasteiger partial charge on any atom is -0.321 e. The highest BCUT2D eigenvalue weighted by molar-refractivity contribution is 5.85. The van der Waals surface area contributed by atoms with Crippen molar-refractivity contribution in [3.63, 3.8) is 0 Å². The fourth-order valence-electron chi connectivity index (χ4n) is 1.48. The van der Waals surface area contributed by atoms with Crippen molar-refractivity contribution in [2.75, 3.05) is 7.05 Å². The minimum atomic E-state index is -0.424. The van der Waals surface area contributed by atoms with Gasteiger partial charge in [-0.3, -0.25) is 4.79 Å². The Morgan fingerprint density at radius 1 is 1.47 bits per heavy atom. The van der Waals surface area contributed by atoms with E-state index in [9.17, 15) is 9.59 Å². The van der Waals surface area contributed by atoms with E-state index in [4.69, 9.17) is 5.73 Å². The van der Waals surface area contributed by atoms with Gasteiger partial charge in [-0.15, -0.1) is 0 Å². The lowest BCUT2D eigenvalue weighted by atomic mass is 9.91. The second-order valence-electron chi connectivity index (χ2n) is 4.54. The first-order chi connectivity index (χ1) is 7.96. The minimum absolute atomic E-state index is 0.159. The monoisotopic (exact) mass is 240 g/mol. The smallest absolute Gasteiger partial charge is 0.149 e. The molecule has 0 amide bonds. The van der Waals surface area contributed by atoms with Crippen LogP contribution in [0.5, 0.6) is 0 Å². The number of Topliss-reactive ketones (excluding diaryl/α,β-unsaturated/α-hetero) is 1. The van der Waals surface area contributed by atoms with Crippen LogP contribution in [0.25, 0.3) is 0 Å². The van der Waals surface area contributed by atoms with Gasteiger partial charge in [-0.1, -0.05) is 12.2 Å². The van der Waals surface area contributed by atoms with Crippen molar-refractivity contribution in [3.8, 4) is 0 Å². The van der Waals surface area contributed by atoms with E-state index in [0.717, 1.165) is 25.5 Å². The van der Waals surface area contributed by atoms with E-state index in [1.54, 1.807) is 14.0 Å². The molecule has 0 saturated heterocycles. The van der Waals surface area contributed by atoms with Crippen molar-refractivity contribution >= 4 is 12.1 Å². The summed E-state index contributed by atoms with van der Waals surface area (Å²) in [4.78, 5) is 21.7. The van der Waals surface area contributed by atoms with Crippen molar-refractivity contribution in [1.29, 1.82) is 0 Å². The summed E-state index contributed by atoms with van der Waals surface area (Å²) in [6.07, 6.45) is 7.91. The van der Waals surface area contributed by atoms with Gasteiger partial charge in [-0.05, 0) is 46.6 Å². The van der Waals surface area contributed by atoms with Crippen molar-refractivity contribution in [2.45, 2.75) is 51.1 Å². The van der Waals surface area contributed by atoms with Crippen LogP contribution < -0.4 is 11.1 Å². The number of hydrogen-bond acceptors (Lipinski definition) is 4. The summed E-state index contributed by atoms with van der Waals surface area (Å²) in [6, 6.07) is -0.397. The summed E-state index contributed by atoms with van der Waals surface area (Å²) in [5, 5.41) is 3.06. The third-order valence-corrected chi connectivity index (χ3v) is 3.13. The standard InChI is InChI=1S/C13H24N2O2/c1-11(17)13(2,15-3)9-7-5-4-6-8-12(14)10-16/h4,6,10,12,15H,5,7-9,14H2,1-3H3/b6-4-/t12-,13?/m0/s1. The van der Waals surface area contributed by atoms with E-state index in [1.165, 1.54) is 0 Å². The van der Waals surface area contributed by atoms with Crippen LogP contribution in [0.3, 0.4) is 0 Å². The molecule has 0 aliphatic carbocycles. The highest BCUT2D eigenvalue weighted by Gasteiger charge is 2.26. The molecule has 0 saturated carbocycles. The average Bonchev–Trinajstić information content (AvgIpc) is 2.32. The molecule has 0 fully saturated rings. The predicted molar refractivity (Wildman–Crippen MR) is 69.8 cm³/mol. The molecule has 0 bridgehead atoms. The zero-order chi connectivity index (χ0) is 13.3. The van der Waals surface area contributed by atoms with Crippen LogP contribution in [0, 0.1) is 0 Å². The number of unbranched alkanes of at least 4 members (excludes halogenated alkanes) is 1. The zero-order valence-corrected chi connectivity index (χ0v) is 11.0. The summed E-state index contributed by atoms with van der Waals surface area (Å²) in [5.41, 5.74) is 5.02. The van der Waals surface area contributed by atoms with Crippen LogP contribution in [0.1, 0.15) is 39.5 Å². The second-order valence-corrected chi connectivity index (χ2v) is 4.54. The molecular weight excluding hydrogens is 216 g/mol. The van der Waals surface area contributed by atoms with Gasteiger partial charge in [0, 0.05) is 0 Å². The molecule has 4 nitrogen and oxygen atoms in total. The first kappa shape index (κ1) is 16.0. The summed E-state index contributed by atoms with van der Waals surface area (Å²) in [7, 11) is 1.81. The van der Waals surface area contributed by atoms with Crippen LogP contribution in [0.15, 0.2) is 12.2 Å². The maximum absolute atomic E-state index is 11.4. The second kappa shape index (κ2) is 8.14. The van der Waals surface area contributed by atoms with Gasteiger partial charge in [0.2, 0.25) is 0 Å². The Morgan fingerprint density at radius 2 is 2.12 bits per heavy atom.